The first-order chi connectivity index (χ1) is 11.4. The van der Waals surface area contributed by atoms with E-state index in [1.54, 1.807) is 12.1 Å². The summed E-state index contributed by atoms with van der Waals surface area (Å²) in [4.78, 5) is 39.9. The molecule has 0 fully saturated rings. The molecule has 2 rings (SSSR count). The summed E-state index contributed by atoms with van der Waals surface area (Å²) in [6.45, 7) is 4.25. The molecule has 24 heavy (non-hydrogen) atoms. The molecular weight excluding hydrogens is 332 g/mol. The van der Waals surface area contributed by atoms with Crippen molar-refractivity contribution in [3.05, 3.63) is 39.9 Å². The lowest BCUT2D eigenvalue weighted by Gasteiger charge is -2.09. The first kappa shape index (κ1) is 17.9. The van der Waals surface area contributed by atoms with Crippen molar-refractivity contribution in [3.8, 4) is 0 Å². The van der Waals surface area contributed by atoms with Gasteiger partial charge in [-0.3, -0.25) is 19.5 Å². The van der Waals surface area contributed by atoms with Crippen molar-refractivity contribution >= 4 is 34.4 Å². The summed E-state index contributed by atoms with van der Waals surface area (Å²) >= 11 is 5.88. The number of hydrogen-bond donors (Lipinski definition) is 2. The van der Waals surface area contributed by atoms with Crippen molar-refractivity contribution in [2.45, 2.75) is 26.8 Å². The Morgan fingerprint density at radius 3 is 2.79 bits per heavy atom. The largest absolute Gasteiger partial charge is 0.338 e. The number of carbonyl (C=O) groups excluding carboxylic acids is 2. The quantitative estimate of drug-likeness (QED) is 0.861. The number of urea groups is 1. The summed E-state index contributed by atoms with van der Waals surface area (Å²) in [7, 11) is 0. The van der Waals surface area contributed by atoms with Crippen LogP contribution in [-0.2, 0) is 11.3 Å². The average molecular weight is 351 g/mol. The van der Waals surface area contributed by atoms with Crippen LogP contribution < -0.4 is 16.2 Å². The van der Waals surface area contributed by atoms with Gasteiger partial charge in [-0.05, 0) is 30.5 Å². The van der Waals surface area contributed by atoms with E-state index in [0.717, 1.165) is 11.0 Å². The van der Waals surface area contributed by atoms with E-state index in [1.165, 1.54) is 12.4 Å². The average Bonchev–Trinajstić information content (AvgIpc) is 2.50. The molecule has 0 saturated heterocycles. The van der Waals surface area contributed by atoms with Crippen molar-refractivity contribution < 1.29 is 9.59 Å². The number of rotatable bonds is 5. The second kappa shape index (κ2) is 7.92. The molecule has 7 nitrogen and oxygen atoms in total. The van der Waals surface area contributed by atoms with Crippen molar-refractivity contribution in [2.75, 3.05) is 6.54 Å². The molecule has 2 N–H and O–H groups in total. The first-order valence-corrected chi connectivity index (χ1v) is 7.97. The Hall–Kier alpha value is -2.41. The summed E-state index contributed by atoms with van der Waals surface area (Å²) in [6.07, 6.45) is 2.09. The second-order valence-electron chi connectivity index (χ2n) is 5.83. The maximum absolute atomic E-state index is 12.3. The topological polar surface area (TPSA) is 93.1 Å². The normalized spacial score (nSPS) is 10.8. The van der Waals surface area contributed by atoms with Gasteiger partial charge in [0.1, 0.15) is 6.54 Å². The van der Waals surface area contributed by atoms with Gasteiger partial charge in [-0.2, -0.15) is 0 Å². The number of benzene rings is 1. The highest BCUT2D eigenvalue weighted by molar-refractivity contribution is 6.31. The number of nitrogens with one attached hydrogen (secondary N) is 2. The Balaban J connectivity index is 2.01. The van der Waals surface area contributed by atoms with Gasteiger partial charge < -0.3 is 5.32 Å². The minimum atomic E-state index is -0.595. The van der Waals surface area contributed by atoms with Gasteiger partial charge in [-0.25, -0.2) is 9.78 Å². The third kappa shape index (κ3) is 4.79. The zero-order valence-electron chi connectivity index (χ0n) is 13.5. The molecule has 2 aromatic rings. The van der Waals surface area contributed by atoms with Crippen LogP contribution in [0.4, 0.5) is 4.79 Å². The lowest BCUT2D eigenvalue weighted by Crippen LogP contribution is -2.42. The summed E-state index contributed by atoms with van der Waals surface area (Å²) < 4.78 is 1.13. The van der Waals surface area contributed by atoms with E-state index in [-0.39, 0.29) is 6.54 Å². The molecule has 0 aliphatic heterocycles. The first-order valence-electron chi connectivity index (χ1n) is 7.59. The highest BCUT2D eigenvalue weighted by atomic mass is 35.5. The zero-order valence-corrected chi connectivity index (χ0v) is 14.3. The van der Waals surface area contributed by atoms with Gasteiger partial charge in [-0.15, -0.1) is 0 Å². The van der Waals surface area contributed by atoms with Crippen molar-refractivity contribution in [2.24, 2.45) is 5.92 Å². The van der Waals surface area contributed by atoms with E-state index in [1.807, 2.05) is 13.8 Å². The van der Waals surface area contributed by atoms with E-state index >= 15 is 0 Å². The number of halogens is 1. The Morgan fingerprint density at radius 2 is 2.08 bits per heavy atom. The van der Waals surface area contributed by atoms with Gasteiger partial charge in [0.05, 0.1) is 17.2 Å². The maximum atomic E-state index is 12.3. The number of imide groups is 1. The summed E-state index contributed by atoms with van der Waals surface area (Å²) in [6, 6.07) is 4.19. The molecule has 128 valence electrons. The predicted molar refractivity (Wildman–Crippen MR) is 92.0 cm³/mol. The number of fused-ring (bicyclic) bond motifs is 1. The van der Waals surface area contributed by atoms with Crippen LogP contribution in [0.5, 0.6) is 0 Å². The highest BCUT2D eigenvalue weighted by Crippen LogP contribution is 2.13. The molecule has 0 saturated carbocycles. The second-order valence-corrected chi connectivity index (χ2v) is 6.26. The fourth-order valence-electron chi connectivity index (χ4n) is 2.08. The third-order valence-corrected chi connectivity index (χ3v) is 3.60. The number of amides is 3. The fraction of sp³-hybridized carbons (Fsp3) is 0.375. The van der Waals surface area contributed by atoms with Crippen LogP contribution in [0.1, 0.15) is 20.3 Å². The van der Waals surface area contributed by atoms with Crippen LogP contribution >= 0.6 is 11.6 Å². The zero-order chi connectivity index (χ0) is 17.7. The summed E-state index contributed by atoms with van der Waals surface area (Å²) in [5.74, 6) is -0.141. The lowest BCUT2D eigenvalue weighted by atomic mass is 10.1. The van der Waals surface area contributed by atoms with Gasteiger partial charge in [0.15, 0.2) is 0 Å². The minimum absolute atomic E-state index is 0.300. The number of nitrogens with zero attached hydrogens (tertiary/aromatic N) is 2. The van der Waals surface area contributed by atoms with Gasteiger partial charge >= 0.3 is 6.03 Å². The van der Waals surface area contributed by atoms with Gasteiger partial charge in [0, 0.05) is 11.6 Å². The maximum Gasteiger partial charge on any atom is 0.321 e. The van der Waals surface area contributed by atoms with Gasteiger partial charge in [-0.1, -0.05) is 25.4 Å². The van der Waals surface area contributed by atoms with E-state index in [4.69, 9.17) is 11.6 Å². The predicted octanol–water partition coefficient (Wildman–Crippen LogP) is 1.92. The van der Waals surface area contributed by atoms with Crippen LogP contribution in [0.3, 0.4) is 0 Å². The SMILES string of the molecule is CC(C)CCNC(=O)NC(=O)Cn1cnc2ccc(Cl)cc2c1=O. The fourth-order valence-corrected chi connectivity index (χ4v) is 2.26. The Morgan fingerprint density at radius 1 is 1.33 bits per heavy atom. The van der Waals surface area contributed by atoms with Gasteiger partial charge in [0.25, 0.3) is 5.56 Å². The van der Waals surface area contributed by atoms with Gasteiger partial charge in [0.2, 0.25) is 5.91 Å². The van der Waals surface area contributed by atoms with E-state index < -0.39 is 17.5 Å². The molecular formula is C16H19ClN4O3. The lowest BCUT2D eigenvalue weighted by molar-refractivity contribution is -0.120. The number of carbonyl (C=O) groups is 2. The molecule has 3 amide bonds. The molecule has 0 bridgehead atoms. The highest BCUT2D eigenvalue weighted by Gasteiger charge is 2.11. The van der Waals surface area contributed by atoms with Crippen LogP contribution in [0.15, 0.2) is 29.3 Å². The molecule has 0 spiro atoms. The molecule has 0 radical (unpaired) electrons. The molecule has 0 aliphatic rings. The Labute approximate surface area is 144 Å². The van der Waals surface area contributed by atoms with E-state index in [9.17, 15) is 14.4 Å². The number of aromatic nitrogens is 2. The Bertz CT molecular complexity index is 817. The standard InChI is InChI=1S/C16H19ClN4O3/c1-10(2)5-6-18-16(24)20-14(22)8-21-9-19-13-4-3-11(17)7-12(13)15(21)23/h3-4,7,9-10H,5-6,8H2,1-2H3,(H2,18,20,22,24). The third-order valence-electron chi connectivity index (χ3n) is 3.36. The monoisotopic (exact) mass is 350 g/mol. The molecule has 1 aromatic heterocycles. The van der Waals surface area contributed by atoms with Crippen molar-refractivity contribution in [3.63, 3.8) is 0 Å². The van der Waals surface area contributed by atoms with Crippen LogP contribution in [0, 0.1) is 5.92 Å². The minimum Gasteiger partial charge on any atom is -0.338 e. The molecule has 0 unspecified atom stereocenters. The van der Waals surface area contributed by atoms with Crippen molar-refractivity contribution in [1.29, 1.82) is 0 Å². The summed E-state index contributed by atoms with van der Waals surface area (Å²) in [5.41, 5.74) is 0.102. The molecule has 8 heteroatoms. The molecule has 1 aromatic carbocycles. The van der Waals surface area contributed by atoms with E-state index in [2.05, 4.69) is 15.6 Å². The van der Waals surface area contributed by atoms with Crippen LogP contribution in [-0.4, -0.2) is 28.0 Å². The number of hydrogen-bond acceptors (Lipinski definition) is 4. The molecule has 1 heterocycles. The van der Waals surface area contributed by atoms with Crippen LogP contribution in [0.2, 0.25) is 5.02 Å². The molecule has 0 aliphatic carbocycles. The summed E-state index contributed by atoms with van der Waals surface area (Å²) in [5, 5.41) is 5.51. The Kier molecular flexibility index (Phi) is 5.92. The smallest absolute Gasteiger partial charge is 0.321 e. The van der Waals surface area contributed by atoms with E-state index in [0.29, 0.717) is 28.4 Å². The van der Waals surface area contributed by atoms with Crippen LogP contribution in [0.25, 0.3) is 10.9 Å². The molecule has 0 atom stereocenters. The van der Waals surface area contributed by atoms with Crippen molar-refractivity contribution in [1.82, 2.24) is 20.2 Å².